The number of pyridine rings is 1. The van der Waals surface area contributed by atoms with Gasteiger partial charge >= 0.3 is 0 Å². The summed E-state index contributed by atoms with van der Waals surface area (Å²) in [5.74, 6) is -0.0195. The Labute approximate surface area is 112 Å². The third-order valence-corrected chi connectivity index (χ3v) is 3.20. The van der Waals surface area contributed by atoms with Crippen molar-refractivity contribution in [1.29, 1.82) is 0 Å². The van der Waals surface area contributed by atoms with Gasteiger partial charge in [0, 0.05) is 11.6 Å². The van der Waals surface area contributed by atoms with Gasteiger partial charge in [-0.3, -0.25) is 9.78 Å². The number of nitrogens with zero attached hydrogens (tertiary/aromatic N) is 1. The van der Waals surface area contributed by atoms with E-state index in [4.69, 9.17) is 0 Å². The molecule has 100 valence electrons. The number of carbonyl (C=O) groups excluding carboxylic acids is 1. The molecule has 4 nitrogen and oxygen atoms in total. The molecule has 0 unspecified atom stereocenters. The molecule has 0 saturated carbocycles. The van der Waals surface area contributed by atoms with Crippen LogP contribution in [0.4, 0.5) is 0 Å². The molecule has 0 aliphatic carbocycles. The second-order valence-electron chi connectivity index (χ2n) is 4.89. The summed E-state index contributed by atoms with van der Waals surface area (Å²) in [6, 6.07) is 9.03. The first-order chi connectivity index (χ1) is 9.13. The van der Waals surface area contributed by atoms with Gasteiger partial charge in [0.2, 0.25) is 0 Å². The van der Waals surface area contributed by atoms with Crippen LogP contribution < -0.4 is 5.32 Å². The van der Waals surface area contributed by atoms with Gasteiger partial charge in [0.1, 0.15) is 0 Å². The quantitative estimate of drug-likeness (QED) is 0.881. The molecule has 2 N–H and O–H groups in total. The van der Waals surface area contributed by atoms with Crippen LogP contribution in [-0.4, -0.2) is 28.6 Å². The smallest absolute Gasteiger partial charge is 0.253 e. The molecule has 0 aliphatic rings. The Kier molecular flexibility index (Phi) is 4.12. The van der Waals surface area contributed by atoms with Gasteiger partial charge in [-0.25, -0.2) is 0 Å². The number of aliphatic hydroxyl groups is 1. The second kappa shape index (κ2) is 5.80. The van der Waals surface area contributed by atoms with Crippen molar-refractivity contribution in [2.75, 3.05) is 6.61 Å². The fourth-order valence-electron chi connectivity index (χ4n) is 1.96. The van der Waals surface area contributed by atoms with Crippen LogP contribution in [0.2, 0.25) is 0 Å². The summed E-state index contributed by atoms with van der Waals surface area (Å²) >= 11 is 0. The van der Waals surface area contributed by atoms with Gasteiger partial charge in [0.15, 0.2) is 0 Å². The Morgan fingerprint density at radius 3 is 2.74 bits per heavy atom. The Hall–Kier alpha value is -1.94. The minimum atomic E-state index is -0.244. The van der Waals surface area contributed by atoms with Crippen molar-refractivity contribution in [3.8, 4) is 0 Å². The number of aliphatic hydroxyl groups excluding tert-OH is 1. The first kappa shape index (κ1) is 13.5. The van der Waals surface area contributed by atoms with Gasteiger partial charge in [0.05, 0.1) is 23.7 Å². The summed E-state index contributed by atoms with van der Waals surface area (Å²) < 4.78 is 0. The molecule has 0 saturated heterocycles. The van der Waals surface area contributed by atoms with Gasteiger partial charge in [0.25, 0.3) is 5.91 Å². The summed E-state index contributed by atoms with van der Waals surface area (Å²) in [5.41, 5.74) is 1.22. The lowest BCUT2D eigenvalue weighted by Gasteiger charge is -2.20. The number of hydrogen-bond acceptors (Lipinski definition) is 3. The molecule has 2 aromatic rings. The topological polar surface area (TPSA) is 62.2 Å². The lowest BCUT2D eigenvalue weighted by molar-refractivity contribution is 0.0898. The number of nitrogens with one attached hydrogen (secondary N) is 1. The van der Waals surface area contributed by atoms with Crippen LogP contribution in [0.15, 0.2) is 36.5 Å². The molecule has 2 rings (SSSR count). The first-order valence-electron chi connectivity index (χ1n) is 6.39. The van der Waals surface area contributed by atoms with E-state index >= 15 is 0 Å². The average Bonchev–Trinajstić information content (AvgIpc) is 2.43. The highest BCUT2D eigenvalue weighted by atomic mass is 16.3. The van der Waals surface area contributed by atoms with E-state index in [2.05, 4.69) is 10.3 Å². The number of carbonyl (C=O) groups is 1. The van der Waals surface area contributed by atoms with Crippen LogP contribution >= 0.6 is 0 Å². The van der Waals surface area contributed by atoms with Crippen molar-refractivity contribution in [2.45, 2.75) is 19.9 Å². The number of para-hydroxylation sites is 1. The number of benzene rings is 1. The maximum absolute atomic E-state index is 12.3. The zero-order valence-corrected chi connectivity index (χ0v) is 11.1. The van der Waals surface area contributed by atoms with E-state index in [1.165, 1.54) is 0 Å². The summed E-state index contributed by atoms with van der Waals surface area (Å²) in [5, 5.41) is 13.1. The summed E-state index contributed by atoms with van der Waals surface area (Å²) in [6.45, 7) is 3.85. The van der Waals surface area contributed by atoms with Crippen molar-refractivity contribution in [1.82, 2.24) is 10.3 Å². The van der Waals surface area contributed by atoms with Crippen molar-refractivity contribution in [3.05, 3.63) is 42.1 Å². The number of hydrogen-bond donors (Lipinski definition) is 2. The third kappa shape index (κ3) is 2.90. The fraction of sp³-hybridized carbons (Fsp3) is 0.333. The molecule has 1 aromatic heterocycles. The SMILES string of the molecule is CC(C)[C@@H](CO)NC(=O)c1cccc2cccnc12. The van der Waals surface area contributed by atoms with E-state index < -0.39 is 0 Å². The standard InChI is InChI=1S/C15H18N2O2/c1-10(2)13(9-18)17-15(19)12-7-3-5-11-6-4-8-16-14(11)12/h3-8,10,13,18H,9H2,1-2H3,(H,17,19)/t13-/m1/s1. The van der Waals surface area contributed by atoms with Crippen LogP contribution in [0.1, 0.15) is 24.2 Å². The number of amides is 1. The molecule has 1 heterocycles. The van der Waals surface area contributed by atoms with Crippen molar-refractivity contribution in [2.24, 2.45) is 5.92 Å². The molecule has 4 heteroatoms. The molecule has 19 heavy (non-hydrogen) atoms. The molecule has 1 amide bonds. The zero-order valence-electron chi connectivity index (χ0n) is 11.1. The number of fused-ring (bicyclic) bond motifs is 1. The lowest BCUT2D eigenvalue weighted by Crippen LogP contribution is -2.41. The molecule has 1 atom stereocenters. The van der Waals surface area contributed by atoms with Gasteiger partial charge in [-0.05, 0) is 18.1 Å². The van der Waals surface area contributed by atoms with Gasteiger partial charge in [-0.15, -0.1) is 0 Å². The number of aromatic nitrogens is 1. The monoisotopic (exact) mass is 258 g/mol. The van der Waals surface area contributed by atoms with Crippen molar-refractivity contribution >= 4 is 16.8 Å². The molecule has 0 radical (unpaired) electrons. The van der Waals surface area contributed by atoms with Crippen molar-refractivity contribution < 1.29 is 9.90 Å². The number of rotatable bonds is 4. The van der Waals surface area contributed by atoms with E-state index in [1.54, 1.807) is 12.3 Å². The summed E-state index contributed by atoms with van der Waals surface area (Å²) in [4.78, 5) is 16.5. The van der Waals surface area contributed by atoms with E-state index in [1.807, 2.05) is 38.1 Å². The predicted molar refractivity (Wildman–Crippen MR) is 74.9 cm³/mol. The average molecular weight is 258 g/mol. The Balaban J connectivity index is 2.31. The first-order valence-corrected chi connectivity index (χ1v) is 6.39. The lowest BCUT2D eigenvalue weighted by atomic mass is 10.0. The normalized spacial score (nSPS) is 12.6. The Morgan fingerprint density at radius 2 is 2.05 bits per heavy atom. The Bertz CT molecular complexity index is 576. The molecule has 0 bridgehead atoms. The molecular formula is C15H18N2O2. The maximum Gasteiger partial charge on any atom is 0.253 e. The molecular weight excluding hydrogens is 240 g/mol. The van der Waals surface area contributed by atoms with E-state index in [0.29, 0.717) is 11.1 Å². The highest BCUT2D eigenvalue weighted by molar-refractivity contribution is 6.05. The minimum Gasteiger partial charge on any atom is -0.394 e. The third-order valence-electron chi connectivity index (χ3n) is 3.20. The van der Waals surface area contributed by atoms with Crippen LogP contribution in [0.25, 0.3) is 10.9 Å². The highest BCUT2D eigenvalue weighted by Crippen LogP contribution is 2.16. The molecule has 0 aliphatic heterocycles. The van der Waals surface area contributed by atoms with E-state index in [0.717, 1.165) is 5.39 Å². The van der Waals surface area contributed by atoms with Crippen molar-refractivity contribution in [3.63, 3.8) is 0 Å². The zero-order chi connectivity index (χ0) is 13.8. The van der Waals surface area contributed by atoms with Crippen LogP contribution in [0.5, 0.6) is 0 Å². The van der Waals surface area contributed by atoms with Crippen LogP contribution in [-0.2, 0) is 0 Å². The molecule has 0 fully saturated rings. The summed E-state index contributed by atoms with van der Waals surface area (Å²) in [7, 11) is 0. The minimum absolute atomic E-state index is 0.0679. The Morgan fingerprint density at radius 1 is 1.32 bits per heavy atom. The molecule has 0 spiro atoms. The van der Waals surface area contributed by atoms with Gasteiger partial charge < -0.3 is 10.4 Å². The van der Waals surface area contributed by atoms with Crippen LogP contribution in [0, 0.1) is 5.92 Å². The highest BCUT2D eigenvalue weighted by Gasteiger charge is 2.17. The van der Waals surface area contributed by atoms with E-state index in [-0.39, 0.29) is 24.5 Å². The fourth-order valence-corrected chi connectivity index (χ4v) is 1.96. The van der Waals surface area contributed by atoms with Crippen LogP contribution in [0.3, 0.4) is 0 Å². The van der Waals surface area contributed by atoms with E-state index in [9.17, 15) is 9.90 Å². The van der Waals surface area contributed by atoms with Gasteiger partial charge in [-0.2, -0.15) is 0 Å². The summed E-state index contributed by atoms with van der Waals surface area (Å²) in [6.07, 6.45) is 1.67. The maximum atomic E-state index is 12.3. The molecule has 1 aromatic carbocycles. The second-order valence-corrected chi connectivity index (χ2v) is 4.89. The largest absolute Gasteiger partial charge is 0.394 e. The predicted octanol–water partition coefficient (Wildman–Crippen LogP) is 1.98. The van der Waals surface area contributed by atoms with Gasteiger partial charge in [-0.1, -0.05) is 32.0 Å².